The van der Waals surface area contributed by atoms with Crippen LogP contribution >= 0.6 is 0 Å². The summed E-state index contributed by atoms with van der Waals surface area (Å²) in [5.74, 6) is 1.06. The Hall–Kier alpha value is -3.09. The van der Waals surface area contributed by atoms with Gasteiger partial charge in [-0.1, -0.05) is 6.07 Å². The van der Waals surface area contributed by atoms with Gasteiger partial charge in [-0.2, -0.15) is 0 Å². The van der Waals surface area contributed by atoms with Gasteiger partial charge in [-0.15, -0.1) is 0 Å². The third-order valence-electron chi connectivity index (χ3n) is 4.11. The van der Waals surface area contributed by atoms with Gasteiger partial charge in [0, 0.05) is 49.5 Å². The maximum atomic E-state index is 13.4. The number of guanidine groups is 1. The fraction of sp³-hybridized carbons (Fsp3) is 0.263. The number of H-pyrrole nitrogens is 1. The predicted octanol–water partition coefficient (Wildman–Crippen LogP) is 2.62. The number of hydrogen-bond donors (Lipinski definition) is 3. The molecule has 2 heterocycles. The van der Waals surface area contributed by atoms with E-state index in [4.69, 9.17) is 4.74 Å². The van der Waals surface area contributed by atoms with E-state index >= 15 is 0 Å². The van der Waals surface area contributed by atoms with E-state index in [1.165, 1.54) is 6.07 Å². The Morgan fingerprint density at radius 1 is 1.27 bits per heavy atom. The molecule has 26 heavy (non-hydrogen) atoms. The van der Waals surface area contributed by atoms with Crippen LogP contribution < -0.4 is 15.4 Å². The lowest BCUT2D eigenvalue weighted by Gasteiger charge is -2.12. The molecule has 0 amide bonds. The summed E-state index contributed by atoms with van der Waals surface area (Å²) in [7, 11) is 3.32. The van der Waals surface area contributed by atoms with Crippen LogP contribution in [-0.4, -0.2) is 36.6 Å². The van der Waals surface area contributed by atoms with Gasteiger partial charge in [0.05, 0.1) is 7.11 Å². The zero-order chi connectivity index (χ0) is 18.4. The molecule has 136 valence electrons. The molecule has 1 aromatic carbocycles. The topological polar surface area (TPSA) is 74.3 Å². The average Bonchev–Trinajstić information content (AvgIpc) is 3.07. The van der Waals surface area contributed by atoms with E-state index in [0.717, 1.165) is 28.5 Å². The van der Waals surface area contributed by atoms with Crippen LogP contribution in [0.5, 0.6) is 5.88 Å². The number of nitrogens with one attached hydrogen (secondary N) is 3. The van der Waals surface area contributed by atoms with Crippen molar-refractivity contribution in [3.63, 3.8) is 0 Å². The molecular formula is C19H22FN5O. The van der Waals surface area contributed by atoms with Gasteiger partial charge in [-0.25, -0.2) is 9.37 Å². The Kier molecular flexibility index (Phi) is 5.68. The van der Waals surface area contributed by atoms with Crippen LogP contribution in [0.2, 0.25) is 0 Å². The van der Waals surface area contributed by atoms with Crippen molar-refractivity contribution in [2.75, 3.05) is 20.7 Å². The highest BCUT2D eigenvalue weighted by atomic mass is 19.1. The smallest absolute Gasteiger partial charge is 0.212 e. The third kappa shape index (κ3) is 4.30. The lowest BCUT2D eigenvalue weighted by molar-refractivity contribution is 0.397. The molecule has 3 N–H and O–H groups in total. The number of fused-ring (bicyclic) bond motifs is 1. The van der Waals surface area contributed by atoms with Gasteiger partial charge in [0.15, 0.2) is 5.96 Å². The quantitative estimate of drug-likeness (QED) is 0.469. The predicted molar refractivity (Wildman–Crippen MR) is 101 cm³/mol. The number of rotatable bonds is 6. The number of ether oxygens (including phenoxy) is 1. The summed E-state index contributed by atoms with van der Waals surface area (Å²) in [5.41, 5.74) is 3.04. The van der Waals surface area contributed by atoms with E-state index < -0.39 is 0 Å². The normalized spacial score (nSPS) is 11.6. The number of hydrogen-bond acceptors (Lipinski definition) is 3. The number of aliphatic imine (C=N–C) groups is 1. The molecule has 0 saturated heterocycles. The van der Waals surface area contributed by atoms with Crippen LogP contribution in [0.15, 0.2) is 47.7 Å². The molecule has 3 aromatic rings. The first-order valence-corrected chi connectivity index (χ1v) is 8.38. The Balaban J connectivity index is 1.51. The second-order valence-corrected chi connectivity index (χ2v) is 5.82. The summed E-state index contributed by atoms with van der Waals surface area (Å²) in [5, 5.41) is 7.42. The molecule has 0 spiro atoms. The Morgan fingerprint density at radius 3 is 2.88 bits per heavy atom. The Bertz CT molecular complexity index is 889. The zero-order valence-corrected chi connectivity index (χ0v) is 14.8. The number of aromatic nitrogens is 2. The van der Waals surface area contributed by atoms with Crippen molar-refractivity contribution in [1.82, 2.24) is 20.6 Å². The molecular weight excluding hydrogens is 333 g/mol. The number of aromatic amines is 1. The van der Waals surface area contributed by atoms with Gasteiger partial charge in [-0.05, 0) is 35.7 Å². The van der Waals surface area contributed by atoms with E-state index in [1.807, 2.05) is 18.3 Å². The monoisotopic (exact) mass is 355 g/mol. The minimum atomic E-state index is -0.225. The number of pyridine rings is 1. The molecule has 2 aromatic heterocycles. The highest BCUT2D eigenvalue weighted by Crippen LogP contribution is 2.19. The summed E-state index contributed by atoms with van der Waals surface area (Å²) < 4.78 is 18.5. The first kappa shape index (κ1) is 17.7. The number of halogens is 1. The Labute approximate surface area is 151 Å². The molecule has 3 rings (SSSR count). The minimum absolute atomic E-state index is 0.225. The molecule has 0 aliphatic carbocycles. The summed E-state index contributed by atoms with van der Waals surface area (Å²) >= 11 is 0. The first-order valence-electron chi connectivity index (χ1n) is 8.38. The molecule has 0 atom stereocenters. The van der Waals surface area contributed by atoms with Crippen LogP contribution in [0, 0.1) is 5.82 Å². The van der Waals surface area contributed by atoms with Gasteiger partial charge in [0.1, 0.15) is 5.82 Å². The van der Waals surface area contributed by atoms with E-state index in [-0.39, 0.29) is 5.82 Å². The molecule has 0 aliphatic heterocycles. The van der Waals surface area contributed by atoms with Gasteiger partial charge in [0.25, 0.3) is 0 Å². The molecule has 7 heteroatoms. The lowest BCUT2D eigenvalue weighted by Crippen LogP contribution is -2.37. The number of benzene rings is 1. The maximum absolute atomic E-state index is 13.4. The van der Waals surface area contributed by atoms with Crippen molar-refractivity contribution in [3.8, 4) is 5.88 Å². The third-order valence-corrected chi connectivity index (χ3v) is 4.11. The minimum Gasteiger partial charge on any atom is -0.481 e. The molecule has 0 unspecified atom stereocenters. The van der Waals surface area contributed by atoms with Crippen molar-refractivity contribution in [2.45, 2.75) is 13.0 Å². The van der Waals surface area contributed by atoms with Crippen LogP contribution in [0.3, 0.4) is 0 Å². The van der Waals surface area contributed by atoms with E-state index in [1.54, 1.807) is 32.5 Å². The summed E-state index contributed by atoms with van der Waals surface area (Å²) in [6.45, 7) is 1.29. The number of methoxy groups -OCH3 is 1. The SMILES string of the molecule is CN=C(NCCc1c[nH]c2ccc(F)cc12)NCc1ccc(OC)nc1. The number of nitrogens with zero attached hydrogens (tertiary/aromatic N) is 2. The van der Waals surface area contributed by atoms with Crippen molar-refractivity contribution in [1.29, 1.82) is 0 Å². The van der Waals surface area contributed by atoms with Gasteiger partial charge in [0.2, 0.25) is 5.88 Å². The largest absolute Gasteiger partial charge is 0.481 e. The van der Waals surface area contributed by atoms with E-state index in [2.05, 4.69) is 25.6 Å². The average molecular weight is 355 g/mol. The second kappa shape index (κ2) is 8.33. The summed E-state index contributed by atoms with van der Waals surface area (Å²) in [4.78, 5) is 11.6. The van der Waals surface area contributed by atoms with Crippen molar-refractivity contribution < 1.29 is 9.13 Å². The lowest BCUT2D eigenvalue weighted by atomic mass is 10.1. The van der Waals surface area contributed by atoms with Crippen LogP contribution in [0.25, 0.3) is 10.9 Å². The zero-order valence-electron chi connectivity index (χ0n) is 14.8. The summed E-state index contributed by atoms with van der Waals surface area (Å²) in [6, 6.07) is 8.55. The summed E-state index contributed by atoms with van der Waals surface area (Å²) in [6.07, 6.45) is 4.44. The maximum Gasteiger partial charge on any atom is 0.212 e. The fourth-order valence-electron chi connectivity index (χ4n) is 2.72. The highest BCUT2D eigenvalue weighted by molar-refractivity contribution is 5.83. The molecule has 0 aliphatic rings. The van der Waals surface area contributed by atoms with Gasteiger partial charge in [-0.3, -0.25) is 4.99 Å². The van der Waals surface area contributed by atoms with Crippen LogP contribution in [-0.2, 0) is 13.0 Å². The molecule has 6 nitrogen and oxygen atoms in total. The van der Waals surface area contributed by atoms with Gasteiger partial charge >= 0.3 is 0 Å². The van der Waals surface area contributed by atoms with E-state index in [0.29, 0.717) is 24.9 Å². The molecule has 0 fully saturated rings. The standard InChI is InChI=1S/C19H22FN5O/c1-21-19(25-11-13-3-6-18(26-2)24-10-13)22-8-7-14-12-23-17-5-4-15(20)9-16(14)17/h3-6,9-10,12,23H,7-8,11H2,1-2H3,(H2,21,22,25). The van der Waals surface area contributed by atoms with Crippen LogP contribution in [0.4, 0.5) is 4.39 Å². The van der Waals surface area contributed by atoms with Crippen molar-refractivity contribution in [3.05, 3.63) is 59.7 Å². The van der Waals surface area contributed by atoms with Gasteiger partial charge < -0.3 is 20.4 Å². The van der Waals surface area contributed by atoms with Crippen molar-refractivity contribution in [2.24, 2.45) is 4.99 Å². The highest BCUT2D eigenvalue weighted by Gasteiger charge is 2.05. The van der Waals surface area contributed by atoms with E-state index in [9.17, 15) is 4.39 Å². The van der Waals surface area contributed by atoms with Crippen LogP contribution in [0.1, 0.15) is 11.1 Å². The first-order chi connectivity index (χ1) is 12.7. The molecule has 0 bridgehead atoms. The second-order valence-electron chi connectivity index (χ2n) is 5.82. The van der Waals surface area contributed by atoms with Crippen molar-refractivity contribution >= 4 is 16.9 Å². The molecule has 0 saturated carbocycles. The fourth-order valence-corrected chi connectivity index (χ4v) is 2.72. The Morgan fingerprint density at radius 2 is 2.15 bits per heavy atom. The molecule has 0 radical (unpaired) electrons.